The van der Waals surface area contributed by atoms with Crippen LogP contribution in [0.3, 0.4) is 0 Å². The normalized spacial score (nSPS) is 18.7. The number of carbonyl (C=O) groups is 2. The van der Waals surface area contributed by atoms with Crippen LogP contribution in [0.2, 0.25) is 5.02 Å². The van der Waals surface area contributed by atoms with E-state index < -0.39 is 0 Å². The molecule has 2 atom stereocenters. The molecule has 292 valence electrons. The number of phenolic OH excluding ortho intramolecular Hbond substituents is 1. The molecule has 0 radical (unpaired) electrons. The summed E-state index contributed by atoms with van der Waals surface area (Å²) in [5.41, 5.74) is 7.47. The van der Waals surface area contributed by atoms with Crippen LogP contribution < -0.4 is 4.90 Å². The number of hydrogen-bond donors (Lipinski definition) is 1. The number of phenols is 1. The van der Waals surface area contributed by atoms with Crippen LogP contribution >= 0.6 is 11.6 Å². The second kappa shape index (κ2) is 15.1. The minimum Gasteiger partial charge on any atom is -0.508 e. The van der Waals surface area contributed by atoms with Crippen LogP contribution in [-0.2, 0) is 31.8 Å². The Kier molecular flexibility index (Phi) is 9.86. The molecule has 2 saturated heterocycles. The Morgan fingerprint density at radius 1 is 0.930 bits per heavy atom. The lowest BCUT2D eigenvalue weighted by atomic mass is 9.92. The summed E-state index contributed by atoms with van der Waals surface area (Å²) < 4.78 is 9.72. The van der Waals surface area contributed by atoms with Crippen molar-refractivity contribution in [2.24, 2.45) is 14.1 Å². The van der Waals surface area contributed by atoms with Crippen LogP contribution in [0.1, 0.15) is 37.5 Å². The maximum absolute atomic E-state index is 15.1. The third-order valence-electron chi connectivity index (χ3n) is 12.1. The molecule has 0 aliphatic carbocycles. The summed E-state index contributed by atoms with van der Waals surface area (Å²) in [6, 6.07) is 26.5. The van der Waals surface area contributed by atoms with Crippen molar-refractivity contribution in [1.29, 1.82) is 0 Å². The first kappa shape index (κ1) is 37.1. The van der Waals surface area contributed by atoms with E-state index in [0.717, 1.165) is 74.6 Å². The summed E-state index contributed by atoms with van der Waals surface area (Å²) in [5, 5.41) is 11.5. The number of nitrogens with zero attached hydrogens (tertiary/aromatic N) is 7. The average molecular weight is 784 g/mol. The number of piperazine rings is 1. The van der Waals surface area contributed by atoms with E-state index in [1.807, 2.05) is 77.6 Å². The quantitative estimate of drug-likeness (QED) is 0.190. The molecule has 12 heteroatoms. The van der Waals surface area contributed by atoms with E-state index in [9.17, 15) is 9.90 Å². The average Bonchev–Trinajstić information content (AvgIpc) is 3.75. The van der Waals surface area contributed by atoms with Gasteiger partial charge < -0.3 is 23.9 Å². The van der Waals surface area contributed by atoms with Gasteiger partial charge in [0.15, 0.2) is 0 Å². The smallest absolute Gasteiger partial charge is 0.264 e. The molecule has 6 aromatic rings. The minimum absolute atomic E-state index is 0.0336. The fourth-order valence-corrected chi connectivity index (χ4v) is 9.05. The number of ether oxygens (including phenoxy) is 1. The highest BCUT2D eigenvalue weighted by Gasteiger charge is 2.36. The van der Waals surface area contributed by atoms with E-state index in [1.165, 1.54) is 5.56 Å². The number of rotatable bonds is 7. The summed E-state index contributed by atoms with van der Waals surface area (Å²) in [6.45, 7) is 8.57. The van der Waals surface area contributed by atoms with Gasteiger partial charge >= 0.3 is 0 Å². The number of aromatic nitrogens is 3. The number of aromatic hydroxyl groups is 1. The molecule has 57 heavy (non-hydrogen) atoms. The van der Waals surface area contributed by atoms with Crippen molar-refractivity contribution >= 4 is 45.8 Å². The summed E-state index contributed by atoms with van der Waals surface area (Å²) in [7, 11) is 3.84. The molecule has 11 nitrogen and oxygen atoms in total. The van der Waals surface area contributed by atoms with Gasteiger partial charge in [-0.3, -0.25) is 24.3 Å². The van der Waals surface area contributed by atoms with Crippen molar-refractivity contribution in [3.63, 3.8) is 0 Å². The topological polar surface area (TPSA) is 99.3 Å². The van der Waals surface area contributed by atoms with Crippen molar-refractivity contribution in [3.8, 4) is 17.0 Å². The molecule has 3 aliphatic rings. The zero-order chi connectivity index (χ0) is 39.4. The van der Waals surface area contributed by atoms with Gasteiger partial charge in [-0.15, -0.1) is 0 Å². The highest BCUT2D eigenvalue weighted by atomic mass is 35.5. The van der Waals surface area contributed by atoms with Gasteiger partial charge in [-0.05, 0) is 85.1 Å². The zero-order valence-corrected chi connectivity index (χ0v) is 33.2. The predicted octanol–water partition coefficient (Wildman–Crippen LogP) is 6.81. The molecule has 3 aliphatic heterocycles. The van der Waals surface area contributed by atoms with Crippen LogP contribution in [0, 0.1) is 6.92 Å². The highest BCUT2D eigenvalue weighted by molar-refractivity contribution is 6.31. The van der Waals surface area contributed by atoms with Gasteiger partial charge in [0.05, 0.1) is 30.7 Å². The van der Waals surface area contributed by atoms with Gasteiger partial charge in [0.25, 0.3) is 11.8 Å². The Morgan fingerprint density at radius 3 is 2.56 bits per heavy atom. The van der Waals surface area contributed by atoms with E-state index in [4.69, 9.17) is 16.3 Å². The number of fused-ring (bicyclic) bond motifs is 3. The number of morpholine rings is 1. The Morgan fingerprint density at radius 2 is 1.74 bits per heavy atom. The van der Waals surface area contributed by atoms with Gasteiger partial charge in [-0.2, -0.15) is 0 Å². The highest BCUT2D eigenvalue weighted by Crippen LogP contribution is 2.36. The molecule has 3 aromatic heterocycles. The second-order valence-electron chi connectivity index (χ2n) is 15.6. The lowest BCUT2D eigenvalue weighted by molar-refractivity contribution is -0.0485. The third-order valence-corrected chi connectivity index (χ3v) is 12.4. The number of halogens is 1. The van der Waals surface area contributed by atoms with Crippen LogP contribution in [0.15, 0.2) is 97.3 Å². The summed E-state index contributed by atoms with van der Waals surface area (Å²) in [6.07, 6.45) is 4.39. The Labute approximate surface area is 337 Å². The molecular weight excluding hydrogens is 738 g/mol. The number of hydrogen-bond acceptors (Lipinski definition) is 7. The van der Waals surface area contributed by atoms with Crippen LogP contribution in [0.5, 0.6) is 5.75 Å². The molecule has 0 bridgehead atoms. The van der Waals surface area contributed by atoms with Crippen molar-refractivity contribution in [1.82, 2.24) is 28.8 Å². The molecule has 9 rings (SSSR count). The fraction of sp³-hybridized carbons (Fsp3) is 0.311. The van der Waals surface area contributed by atoms with Crippen LogP contribution in [0.4, 0.5) is 11.4 Å². The van der Waals surface area contributed by atoms with Gasteiger partial charge in [0, 0.05) is 110 Å². The first-order chi connectivity index (χ1) is 27.6. The minimum atomic E-state index is -0.275. The zero-order valence-electron chi connectivity index (χ0n) is 32.4. The third kappa shape index (κ3) is 6.99. The maximum atomic E-state index is 15.1. The SMILES string of the molecule is Cc1c(C(=O)N(c2ccc(O)cc2)c2cnc3c(ccn3C)c2)cc(-c2cc(Cl)ccc2C(=O)N2Cc3ccccc3C[C@H]2CN2CCN3CCOC[C@H]3C2)n1C. The number of amides is 2. The van der Waals surface area contributed by atoms with Crippen LogP contribution in [0.25, 0.3) is 22.3 Å². The Hall–Kier alpha value is -5.46. The first-order valence-electron chi connectivity index (χ1n) is 19.6. The van der Waals surface area contributed by atoms with Gasteiger partial charge in [-0.25, -0.2) is 4.98 Å². The molecule has 1 N–H and O–H groups in total. The Balaban J connectivity index is 1.07. The first-order valence-corrected chi connectivity index (χ1v) is 19.9. The monoisotopic (exact) mass is 783 g/mol. The van der Waals surface area contributed by atoms with E-state index in [-0.39, 0.29) is 23.6 Å². The number of benzene rings is 3. The lowest BCUT2D eigenvalue weighted by Gasteiger charge is -2.46. The van der Waals surface area contributed by atoms with E-state index in [0.29, 0.717) is 51.4 Å². The number of aryl methyl sites for hydroxylation is 1. The predicted molar refractivity (Wildman–Crippen MR) is 222 cm³/mol. The number of anilines is 2. The van der Waals surface area contributed by atoms with E-state index in [2.05, 4.69) is 33.0 Å². The molecular formula is C45H46ClN7O4. The molecule has 0 spiro atoms. The fourth-order valence-electron chi connectivity index (χ4n) is 8.88. The molecule has 2 amide bonds. The number of carbonyl (C=O) groups excluding carboxylic acids is 2. The van der Waals surface area contributed by atoms with E-state index in [1.54, 1.807) is 41.4 Å². The van der Waals surface area contributed by atoms with Gasteiger partial charge in [0.2, 0.25) is 0 Å². The molecule has 6 heterocycles. The van der Waals surface area contributed by atoms with Crippen molar-refractivity contribution in [2.45, 2.75) is 32.0 Å². The lowest BCUT2D eigenvalue weighted by Crippen LogP contribution is -2.60. The standard InChI is InChI=1S/C45H46ClN7O4/c1-29-40(45(56)53(34-9-11-38(54)12-10-34)35-21-31-14-15-48(2)43(31)47-24-35)23-42(49(29)3)41-22-33(46)8-13-39(41)44(55)52-25-32-7-5-4-6-30(32)20-36(52)26-50-16-17-51-18-19-57-28-37(51)27-50/h4-15,21-24,36-37,54H,16-20,25-28H2,1-3H3/t36-,37+/m0/s1. The number of pyridine rings is 1. The second-order valence-corrected chi connectivity index (χ2v) is 16.0. The molecule has 0 saturated carbocycles. The van der Waals surface area contributed by atoms with Gasteiger partial charge in [-0.1, -0.05) is 35.9 Å². The van der Waals surface area contributed by atoms with Crippen molar-refractivity contribution in [2.75, 3.05) is 50.8 Å². The largest absolute Gasteiger partial charge is 0.508 e. The molecule has 0 unspecified atom stereocenters. The van der Waals surface area contributed by atoms with Crippen LogP contribution in [-0.4, -0.2) is 104 Å². The summed E-state index contributed by atoms with van der Waals surface area (Å²) in [4.78, 5) is 43.3. The Bertz CT molecular complexity index is 2490. The maximum Gasteiger partial charge on any atom is 0.264 e. The molecule has 3 aromatic carbocycles. The van der Waals surface area contributed by atoms with Gasteiger partial charge in [0.1, 0.15) is 11.4 Å². The van der Waals surface area contributed by atoms with E-state index >= 15 is 4.79 Å². The van der Waals surface area contributed by atoms with Crippen molar-refractivity contribution in [3.05, 3.63) is 130 Å². The van der Waals surface area contributed by atoms with Crippen molar-refractivity contribution < 1.29 is 19.4 Å². The molecule has 2 fully saturated rings. The summed E-state index contributed by atoms with van der Waals surface area (Å²) >= 11 is 6.71. The summed E-state index contributed by atoms with van der Waals surface area (Å²) in [5.74, 6) is -0.247.